The van der Waals surface area contributed by atoms with Gasteiger partial charge in [-0.3, -0.25) is 4.79 Å². The molecule has 1 saturated heterocycles. The van der Waals surface area contributed by atoms with Crippen molar-refractivity contribution in [2.24, 2.45) is 5.92 Å². The van der Waals surface area contributed by atoms with E-state index in [0.29, 0.717) is 18.2 Å². The van der Waals surface area contributed by atoms with E-state index in [1.165, 1.54) is 11.3 Å². The van der Waals surface area contributed by atoms with Crippen LogP contribution in [0.1, 0.15) is 16.9 Å². The maximum Gasteiger partial charge on any atom is 0.270 e. The van der Waals surface area contributed by atoms with E-state index in [9.17, 15) is 4.79 Å². The van der Waals surface area contributed by atoms with E-state index < -0.39 is 0 Å². The van der Waals surface area contributed by atoms with Gasteiger partial charge in [0.15, 0.2) is 0 Å². The third kappa shape index (κ3) is 3.79. The van der Waals surface area contributed by atoms with E-state index in [4.69, 9.17) is 9.47 Å². The third-order valence-electron chi connectivity index (χ3n) is 4.20. The molecule has 128 valence electrons. The number of nitrogens with one attached hydrogen (secondary N) is 1. The van der Waals surface area contributed by atoms with Crippen molar-refractivity contribution in [2.75, 3.05) is 38.8 Å². The molecule has 1 aromatic carbocycles. The molecule has 0 saturated carbocycles. The second kappa shape index (κ2) is 7.53. The van der Waals surface area contributed by atoms with Crippen molar-refractivity contribution in [1.82, 2.24) is 10.3 Å². The number of rotatable bonds is 6. The summed E-state index contributed by atoms with van der Waals surface area (Å²) in [4.78, 5) is 18.3. The first-order valence-electron chi connectivity index (χ1n) is 7.84. The number of methoxy groups -OCH3 is 2. The molecule has 0 bridgehead atoms. The Bertz CT molecular complexity index is 668. The normalized spacial score (nSPS) is 16.9. The smallest absolute Gasteiger partial charge is 0.270 e. The first-order valence-corrected chi connectivity index (χ1v) is 8.78. The minimum Gasteiger partial charge on any atom is -0.497 e. The minimum atomic E-state index is -0.0993. The Morgan fingerprint density at radius 2 is 2.08 bits per heavy atom. The number of carbonyl (C=O) groups excluding carboxylic acids is 1. The number of amides is 1. The average Bonchev–Trinajstić information content (AvgIpc) is 3.30. The van der Waals surface area contributed by atoms with Gasteiger partial charge in [-0.2, -0.15) is 0 Å². The van der Waals surface area contributed by atoms with E-state index >= 15 is 0 Å². The molecule has 0 unspecified atom stereocenters. The first kappa shape index (κ1) is 16.6. The van der Waals surface area contributed by atoms with Crippen molar-refractivity contribution in [3.63, 3.8) is 0 Å². The van der Waals surface area contributed by atoms with Gasteiger partial charge in [-0.05, 0) is 12.3 Å². The molecule has 1 N–H and O–H groups in total. The van der Waals surface area contributed by atoms with Gasteiger partial charge < -0.3 is 19.7 Å². The highest BCUT2D eigenvalue weighted by Gasteiger charge is 2.24. The van der Waals surface area contributed by atoms with Gasteiger partial charge in [0, 0.05) is 48.9 Å². The van der Waals surface area contributed by atoms with E-state index in [0.717, 1.165) is 36.7 Å². The van der Waals surface area contributed by atoms with Crippen LogP contribution in [0.5, 0.6) is 11.5 Å². The first-order chi connectivity index (χ1) is 11.7. The number of anilines is 1. The van der Waals surface area contributed by atoms with E-state index in [2.05, 4.69) is 15.2 Å². The van der Waals surface area contributed by atoms with Crippen molar-refractivity contribution in [3.05, 3.63) is 34.8 Å². The van der Waals surface area contributed by atoms with Crippen molar-refractivity contribution in [1.29, 1.82) is 0 Å². The maximum absolute atomic E-state index is 12.0. The van der Waals surface area contributed by atoms with Crippen molar-refractivity contribution in [3.8, 4) is 11.5 Å². The summed E-state index contributed by atoms with van der Waals surface area (Å²) in [5.41, 5.74) is 3.24. The molecular formula is C17H21N3O3S. The topological polar surface area (TPSA) is 63.7 Å². The quantitative estimate of drug-likeness (QED) is 0.869. The highest BCUT2D eigenvalue weighted by Crippen LogP contribution is 2.31. The molecule has 1 aliphatic heterocycles. The molecule has 1 aromatic heterocycles. The van der Waals surface area contributed by atoms with Crippen molar-refractivity contribution >= 4 is 22.9 Å². The molecule has 1 aliphatic rings. The van der Waals surface area contributed by atoms with Gasteiger partial charge in [0.1, 0.15) is 17.2 Å². The van der Waals surface area contributed by atoms with E-state index in [1.807, 2.05) is 18.2 Å². The fraction of sp³-hybridized carbons (Fsp3) is 0.412. The number of hydrogen-bond donors (Lipinski definition) is 1. The Morgan fingerprint density at radius 1 is 1.33 bits per heavy atom. The zero-order valence-corrected chi connectivity index (χ0v) is 14.6. The van der Waals surface area contributed by atoms with Crippen LogP contribution in [0, 0.1) is 5.92 Å². The lowest BCUT2D eigenvalue weighted by molar-refractivity contribution is 0.0944. The molecule has 7 heteroatoms. The Kier molecular flexibility index (Phi) is 5.20. The van der Waals surface area contributed by atoms with Crippen LogP contribution in [0.4, 0.5) is 5.69 Å². The van der Waals surface area contributed by atoms with Crippen LogP contribution in [0.3, 0.4) is 0 Å². The minimum absolute atomic E-state index is 0.0993. The number of carbonyl (C=O) groups is 1. The zero-order chi connectivity index (χ0) is 16.9. The summed E-state index contributed by atoms with van der Waals surface area (Å²) in [6.07, 6.45) is 1.04. The van der Waals surface area contributed by atoms with Crippen LogP contribution >= 0.6 is 11.3 Å². The Morgan fingerprint density at radius 3 is 2.71 bits per heavy atom. The van der Waals surface area contributed by atoms with Gasteiger partial charge in [-0.25, -0.2) is 4.98 Å². The zero-order valence-electron chi connectivity index (χ0n) is 13.8. The van der Waals surface area contributed by atoms with Gasteiger partial charge in [0.05, 0.1) is 19.7 Å². The summed E-state index contributed by atoms with van der Waals surface area (Å²) in [7, 11) is 3.30. The summed E-state index contributed by atoms with van der Waals surface area (Å²) in [5, 5.41) is 4.74. The van der Waals surface area contributed by atoms with Crippen LogP contribution in [-0.4, -0.2) is 44.7 Å². The molecule has 2 aromatic rings. The number of benzene rings is 1. The summed E-state index contributed by atoms with van der Waals surface area (Å²) < 4.78 is 10.7. The van der Waals surface area contributed by atoms with Gasteiger partial charge >= 0.3 is 0 Å². The van der Waals surface area contributed by atoms with E-state index in [-0.39, 0.29) is 5.91 Å². The number of ether oxygens (including phenoxy) is 2. The molecular weight excluding hydrogens is 326 g/mol. The fourth-order valence-corrected chi connectivity index (χ4v) is 3.39. The van der Waals surface area contributed by atoms with Crippen LogP contribution in [0.15, 0.2) is 29.1 Å². The Balaban J connectivity index is 1.58. The summed E-state index contributed by atoms with van der Waals surface area (Å²) in [5.74, 6) is 1.89. The van der Waals surface area contributed by atoms with Gasteiger partial charge in [-0.1, -0.05) is 0 Å². The molecule has 0 radical (unpaired) electrons. The summed E-state index contributed by atoms with van der Waals surface area (Å²) in [6.45, 7) is 2.51. The number of thiazole rings is 1. The average molecular weight is 347 g/mol. The lowest BCUT2D eigenvalue weighted by Crippen LogP contribution is -2.31. The van der Waals surface area contributed by atoms with Gasteiger partial charge in [0.25, 0.3) is 5.91 Å². The SMILES string of the molecule is COc1cc(OC)cc(N2CC[C@@H](CNC(=O)c3cscn3)C2)c1. The summed E-state index contributed by atoms with van der Waals surface area (Å²) >= 11 is 1.43. The standard InChI is InChI=1S/C17H21N3O3S/c1-22-14-5-13(6-15(7-14)23-2)20-4-3-12(9-20)8-18-17(21)16-10-24-11-19-16/h5-7,10-12H,3-4,8-9H2,1-2H3,(H,18,21)/t12-/m0/s1. The fourth-order valence-electron chi connectivity index (χ4n) is 2.86. The third-order valence-corrected chi connectivity index (χ3v) is 4.79. The van der Waals surface area contributed by atoms with Crippen molar-refractivity contribution in [2.45, 2.75) is 6.42 Å². The second-order valence-corrected chi connectivity index (χ2v) is 6.47. The molecule has 1 fully saturated rings. The Labute approximate surface area is 145 Å². The number of aromatic nitrogens is 1. The van der Waals surface area contributed by atoms with Crippen LogP contribution in [-0.2, 0) is 0 Å². The molecule has 6 nitrogen and oxygen atoms in total. The van der Waals surface area contributed by atoms with Crippen molar-refractivity contribution < 1.29 is 14.3 Å². The molecule has 2 heterocycles. The predicted molar refractivity (Wildman–Crippen MR) is 94.3 cm³/mol. The monoisotopic (exact) mass is 347 g/mol. The predicted octanol–water partition coefficient (Wildman–Crippen LogP) is 2.42. The van der Waals surface area contributed by atoms with Gasteiger partial charge in [-0.15, -0.1) is 11.3 Å². The lowest BCUT2D eigenvalue weighted by atomic mass is 10.1. The van der Waals surface area contributed by atoms with Gasteiger partial charge in [0.2, 0.25) is 0 Å². The highest BCUT2D eigenvalue weighted by atomic mass is 32.1. The molecule has 1 amide bonds. The lowest BCUT2D eigenvalue weighted by Gasteiger charge is -2.20. The number of nitrogens with zero attached hydrogens (tertiary/aromatic N) is 2. The highest BCUT2D eigenvalue weighted by molar-refractivity contribution is 7.07. The van der Waals surface area contributed by atoms with Crippen LogP contribution < -0.4 is 19.7 Å². The largest absolute Gasteiger partial charge is 0.497 e. The second-order valence-electron chi connectivity index (χ2n) is 5.76. The molecule has 3 rings (SSSR count). The Hall–Kier alpha value is -2.28. The molecule has 0 spiro atoms. The molecule has 1 atom stereocenters. The summed E-state index contributed by atoms with van der Waals surface area (Å²) in [6, 6.07) is 5.89. The molecule has 24 heavy (non-hydrogen) atoms. The van der Waals surface area contributed by atoms with Crippen LogP contribution in [0.25, 0.3) is 0 Å². The van der Waals surface area contributed by atoms with Crippen LogP contribution in [0.2, 0.25) is 0 Å². The maximum atomic E-state index is 12.0. The van der Waals surface area contributed by atoms with E-state index in [1.54, 1.807) is 25.1 Å². The molecule has 0 aliphatic carbocycles. The number of hydrogen-bond acceptors (Lipinski definition) is 6.